The molecule has 0 aromatic carbocycles. The topological polar surface area (TPSA) is 37.1 Å². The molecule has 0 fully saturated rings. The van der Waals surface area contributed by atoms with Gasteiger partial charge in [-0.05, 0) is 12.8 Å². The van der Waals surface area contributed by atoms with E-state index in [4.69, 9.17) is 0 Å². The zero-order chi connectivity index (χ0) is 9.10. The van der Waals surface area contributed by atoms with Crippen LogP contribution in [0.5, 0.6) is 0 Å². The van der Waals surface area contributed by atoms with Gasteiger partial charge in [0.2, 0.25) is 0 Å². The van der Waals surface area contributed by atoms with Gasteiger partial charge in [0.1, 0.15) is 0 Å². The summed E-state index contributed by atoms with van der Waals surface area (Å²) < 4.78 is 0. The van der Waals surface area contributed by atoms with E-state index in [0.29, 0.717) is 0 Å². The molecule has 0 aromatic heterocycles. The average molecular weight is 195 g/mol. The molecule has 3 nitrogen and oxygen atoms in total. The number of unbranched alkanes of at least 4 members (excludes halogenated alkanes) is 2. The third-order valence-electron chi connectivity index (χ3n) is 2.17. The van der Waals surface area contributed by atoms with Crippen molar-refractivity contribution in [3.8, 4) is 0 Å². The van der Waals surface area contributed by atoms with Crippen LogP contribution in [0.3, 0.4) is 0 Å². The summed E-state index contributed by atoms with van der Waals surface area (Å²) in [7, 11) is 0. The number of rotatable bonds is 4. The summed E-state index contributed by atoms with van der Waals surface area (Å²) in [5.74, 6) is 1.71. The maximum atomic E-state index is 4.24. The molecule has 0 saturated heterocycles. The zero-order valence-corrected chi connectivity index (χ0v) is 8.60. The van der Waals surface area contributed by atoms with Crippen LogP contribution in [0, 0.1) is 0 Å². The monoisotopic (exact) mass is 195 g/mol. The van der Waals surface area contributed by atoms with Crippen LogP contribution < -0.4 is 0 Å². The molecule has 2 rings (SSSR count). The second-order valence-electron chi connectivity index (χ2n) is 3.19. The van der Waals surface area contributed by atoms with E-state index in [2.05, 4.69) is 22.1 Å². The maximum Gasteiger partial charge on any atom is 0.186 e. The highest BCUT2D eigenvalue weighted by atomic mass is 32.2. The van der Waals surface area contributed by atoms with Crippen LogP contribution in [0.4, 0.5) is 0 Å². The van der Waals surface area contributed by atoms with Crippen molar-refractivity contribution < 1.29 is 0 Å². The summed E-state index contributed by atoms with van der Waals surface area (Å²) in [4.78, 5) is 5.47. The number of azo groups is 1. The minimum Gasteiger partial charge on any atom is -0.253 e. The maximum absolute atomic E-state index is 4.24. The molecule has 0 atom stereocenters. The Kier molecular flexibility index (Phi) is 2.78. The van der Waals surface area contributed by atoms with Gasteiger partial charge < -0.3 is 0 Å². The van der Waals surface area contributed by atoms with Gasteiger partial charge in [-0.25, -0.2) is 0 Å². The van der Waals surface area contributed by atoms with Crippen molar-refractivity contribution in [2.75, 3.05) is 5.88 Å². The lowest BCUT2D eigenvalue weighted by molar-refractivity contribution is 0.708. The fraction of sp³-hybridized carbons (Fsp3) is 0.667. The third kappa shape index (κ3) is 1.82. The van der Waals surface area contributed by atoms with Gasteiger partial charge >= 0.3 is 0 Å². The Balaban J connectivity index is 1.96. The van der Waals surface area contributed by atoms with E-state index in [1.165, 1.54) is 24.2 Å². The Hall–Kier alpha value is -0.640. The van der Waals surface area contributed by atoms with E-state index in [1.807, 2.05) is 0 Å². The lowest BCUT2D eigenvalue weighted by Crippen LogP contribution is -1.87. The Morgan fingerprint density at radius 1 is 1.31 bits per heavy atom. The summed E-state index contributed by atoms with van der Waals surface area (Å²) in [5.41, 5.74) is 1.16. The zero-order valence-electron chi connectivity index (χ0n) is 7.79. The van der Waals surface area contributed by atoms with Crippen molar-refractivity contribution in [3.63, 3.8) is 0 Å². The highest BCUT2D eigenvalue weighted by molar-refractivity contribution is 8.04. The number of allylic oxidation sites excluding steroid dienone is 1. The highest BCUT2D eigenvalue weighted by Gasteiger charge is 2.23. The first-order valence-electron chi connectivity index (χ1n) is 4.74. The standard InChI is InChI=1S/C9H13N3S/c1-2-3-4-5-7-8-9(12-11-7)10-6-13-8/h2-6H2,1H3. The number of amidine groups is 1. The summed E-state index contributed by atoms with van der Waals surface area (Å²) >= 11 is 1.77. The average Bonchev–Trinajstić information content (AvgIpc) is 2.68. The van der Waals surface area contributed by atoms with Crippen molar-refractivity contribution in [1.29, 1.82) is 0 Å². The Morgan fingerprint density at radius 3 is 3.08 bits per heavy atom. The molecule has 0 unspecified atom stereocenters. The van der Waals surface area contributed by atoms with Gasteiger partial charge in [0, 0.05) is 0 Å². The molecule has 0 aromatic rings. The second kappa shape index (κ2) is 4.05. The summed E-state index contributed by atoms with van der Waals surface area (Å²) in [5, 5.41) is 8.18. The number of hydrogen-bond acceptors (Lipinski definition) is 4. The van der Waals surface area contributed by atoms with E-state index >= 15 is 0 Å². The van der Waals surface area contributed by atoms with Crippen molar-refractivity contribution in [1.82, 2.24) is 0 Å². The molecule has 2 heterocycles. The predicted molar refractivity (Wildman–Crippen MR) is 55.9 cm³/mol. The van der Waals surface area contributed by atoms with E-state index in [1.54, 1.807) is 11.8 Å². The van der Waals surface area contributed by atoms with Crippen molar-refractivity contribution in [2.24, 2.45) is 15.2 Å². The normalized spacial score (nSPS) is 19.6. The first kappa shape index (κ1) is 8.94. The van der Waals surface area contributed by atoms with E-state index < -0.39 is 0 Å². The van der Waals surface area contributed by atoms with Crippen LogP contribution >= 0.6 is 11.8 Å². The number of aliphatic imine (C=N–C) groups is 1. The van der Waals surface area contributed by atoms with Gasteiger partial charge in [0.05, 0.1) is 16.5 Å². The third-order valence-corrected chi connectivity index (χ3v) is 3.14. The van der Waals surface area contributed by atoms with Crippen LogP contribution in [-0.2, 0) is 0 Å². The number of thioether (sulfide) groups is 1. The number of nitrogens with zero attached hydrogens (tertiary/aromatic N) is 3. The van der Waals surface area contributed by atoms with E-state index in [9.17, 15) is 0 Å². The first-order chi connectivity index (χ1) is 6.42. The van der Waals surface area contributed by atoms with Gasteiger partial charge in [-0.2, -0.15) is 5.11 Å². The van der Waals surface area contributed by atoms with Gasteiger partial charge in [-0.15, -0.1) is 5.11 Å². The van der Waals surface area contributed by atoms with Gasteiger partial charge in [0.15, 0.2) is 5.84 Å². The molecule has 0 aliphatic carbocycles. The number of hydrogen-bond donors (Lipinski definition) is 0. The Morgan fingerprint density at radius 2 is 2.23 bits per heavy atom. The molecular formula is C9H13N3S. The Labute approximate surface area is 82.4 Å². The van der Waals surface area contributed by atoms with Gasteiger partial charge in [-0.1, -0.05) is 31.5 Å². The molecule has 2 aliphatic rings. The summed E-state index contributed by atoms with van der Waals surface area (Å²) in [6.45, 7) is 2.21. The fourth-order valence-electron chi connectivity index (χ4n) is 1.44. The summed E-state index contributed by atoms with van der Waals surface area (Å²) in [6.07, 6.45) is 4.83. The van der Waals surface area contributed by atoms with Crippen LogP contribution in [0.25, 0.3) is 0 Å². The highest BCUT2D eigenvalue weighted by Crippen LogP contribution is 2.35. The number of fused-ring (bicyclic) bond motifs is 1. The minimum atomic E-state index is 0.834. The fourth-order valence-corrected chi connectivity index (χ4v) is 2.30. The van der Waals surface area contributed by atoms with Crippen LogP contribution in [-0.4, -0.2) is 11.7 Å². The molecule has 0 spiro atoms. The minimum absolute atomic E-state index is 0.834. The molecule has 0 bridgehead atoms. The molecule has 0 saturated carbocycles. The van der Waals surface area contributed by atoms with Crippen molar-refractivity contribution in [3.05, 3.63) is 10.6 Å². The second-order valence-corrected chi connectivity index (χ2v) is 4.14. The molecule has 4 heteroatoms. The lowest BCUT2D eigenvalue weighted by Gasteiger charge is -1.98. The van der Waals surface area contributed by atoms with E-state index in [-0.39, 0.29) is 0 Å². The lowest BCUT2D eigenvalue weighted by atomic mass is 10.1. The molecule has 13 heavy (non-hydrogen) atoms. The quantitative estimate of drug-likeness (QED) is 0.634. The predicted octanol–water partition coefficient (Wildman–Crippen LogP) is 3.35. The molecule has 0 N–H and O–H groups in total. The van der Waals surface area contributed by atoms with Crippen LogP contribution in [0.1, 0.15) is 32.6 Å². The molecule has 0 amide bonds. The molecular weight excluding hydrogens is 182 g/mol. The molecule has 70 valence electrons. The molecule has 2 aliphatic heterocycles. The molecule has 0 radical (unpaired) electrons. The van der Waals surface area contributed by atoms with Crippen molar-refractivity contribution >= 4 is 17.6 Å². The Bertz CT molecular complexity index is 291. The van der Waals surface area contributed by atoms with Crippen molar-refractivity contribution in [2.45, 2.75) is 32.6 Å². The smallest absolute Gasteiger partial charge is 0.186 e. The van der Waals surface area contributed by atoms with Gasteiger partial charge in [0.25, 0.3) is 0 Å². The SMILES string of the molecule is CCCCCC1=C2SCN=C2N=N1. The van der Waals surface area contributed by atoms with Gasteiger partial charge in [-0.3, -0.25) is 4.99 Å². The first-order valence-corrected chi connectivity index (χ1v) is 5.73. The summed E-state index contributed by atoms with van der Waals surface area (Å²) in [6, 6.07) is 0. The van der Waals surface area contributed by atoms with Crippen LogP contribution in [0.15, 0.2) is 25.8 Å². The van der Waals surface area contributed by atoms with E-state index in [0.717, 1.165) is 23.8 Å². The van der Waals surface area contributed by atoms with Crippen LogP contribution in [0.2, 0.25) is 0 Å². The largest absolute Gasteiger partial charge is 0.253 e.